The number of amides is 1. The Morgan fingerprint density at radius 1 is 1.47 bits per heavy atom. The number of nitrogen functional groups attached to an aromatic ring is 1. The molecule has 1 atom stereocenters. The van der Waals surface area contributed by atoms with Gasteiger partial charge in [0.15, 0.2) is 5.82 Å². The number of primary amides is 1. The topological polar surface area (TPSA) is 128 Å². The number of nitrogens with two attached hydrogens (primary N) is 2. The van der Waals surface area contributed by atoms with Gasteiger partial charge in [0.05, 0.1) is 0 Å². The van der Waals surface area contributed by atoms with Crippen LogP contribution in [0.1, 0.15) is 26.1 Å². The minimum atomic E-state index is -0.374. The third-order valence-corrected chi connectivity index (χ3v) is 2.26. The summed E-state index contributed by atoms with van der Waals surface area (Å²) in [5.41, 5.74) is 7.59. The number of aromatic nitrogens is 2. The van der Waals surface area contributed by atoms with Gasteiger partial charge >= 0.3 is 0 Å². The van der Waals surface area contributed by atoms with Crippen LogP contribution in [-0.4, -0.2) is 28.5 Å². The second-order valence-corrected chi connectivity index (χ2v) is 4.05. The Kier molecular flexibility index (Phi) is 5.97. The van der Waals surface area contributed by atoms with E-state index in [1.807, 2.05) is 13.8 Å². The van der Waals surface area contributed by atoms with Crippen molar-refractivity contribution < 1.29 is 9.53 Å². The maximum atomic E-state index is 10.8. The Morgan fingerprint density at radius 3 is 2.74 bits per heavy atom. The fourth-order valence-corrected chi connectivity index (χ4v) is 1.51. The molecule has 1 aromatic rings. The van der Waals surface area contributed by atoms with Crippen LogP contribution in [0.3, 0.4) is 0 Å². The summed E-state index contributed by atoms with van der Waals surface area (Å²) in [4.78, 5) is 19.3. The van der Waals surface area contributed by atoms with Crippen molar-refractivity contribution >= 4 is 17.5 Å². The highest BCUT2D eigenvalue weighted by Gasteiger charge is 2.09. The molecule has 19 heavy (non-hydrogen) atoms. The SMILES string of the molecule is CCOCc1nc(NN)cc(NC(C)CC(N)=O)n1. The van der Waals surface area contributed by atoms with Crippen LogP contribution in [0.2, 0.25) is 0 Å². The quantitative estimate of drug-likeness (QED) is 0.385. The first-order valence-corrected chi connectivity index (χ1v) is 6.02. The van der Waals surface area contributed by atoms with E-state index in [0.717, 1.165) is 0 Å². The molecule has 6 N–H and O–H groups in total. The third kappa shape index (κ3) is 5.49. The summed E-state index contributed by atoms with van der Waals surface area (Å²) in [7, 11) is 0. The lowest BCUT2D eigenvalue weighted by atomic mass is 10.2. The number of anilines is 2. The van der Waals surface area contributed by atoms with Crippen molar-refractivity contribution in [1.29, 1.82) is 0 Å². The number of nitrogens with zero attached hydrogens (tertiary/aromatic N) is 2. The Labute approximate surface area is 111 Å². The van der Waals surface area contributed by atoms with Gasteiger partial charge in [0.1, 0.15) is 18.2 Å². The fourth-order valence-electron chi connectivity index (χ4n) is 1.51. The van der Waals surface area contributed by atoms with Gasteiger partial charge in [-0.05, 0) is 13.8 Å². The van der Waals surface area contributed by atoms with Crippen molar-refractivity contribution in [2.45, 2.75) is 32.9 Å². The standard InChI is InChI=1S/C11H20N6O2/c1-3-19-6-11-15-9(5-10(16-11)17-13)14-7(2)4-8(12)18/h5,7H,3-4,6,13H2,1-2H3,(H2,12,18)(H2,14,15,16,17). The molecule has 1 amide bonds. The predicted molar refractivity (Wildman–Crippen MR) is 72.1 cm³/mol. The van der Waals surface area contributed by atoms with E-state index in [2.05, 4.69) is 20.7 Å². The first-order chi connectivity index (χ1) is 9.05. The van der Waals surface area contributed by atoms with E-state index in [1.165, 1.54) is 0 Å². The molecule has 106 valence electrons. The molecular weight excluding hydrogens is 248 g/mol. The normalized spacial score (nSPS) is 11.9. The number of hydrogen-bond acceptors (Lipinski definition) is 7. The van der Waals surface area contributed by atoms with Crippen LogP contribution in [0.4, 0.5) is 11.6 Å². The Balaban J connectivity index is 2.78. The number of hydrazine groups is 1. The molecule has 8 heteroatoms. The van der Waals surface area contributed by atoms with Crippen LogP contribution in [0.15, 0.2) is 6.07 Å². The van der Waals surface area contributed by atoms with Crippen molar-refractivity contribution in [3.63, 3.8) is 0 Å². The Morgan fingerprint density at radius 2 is 2.16 bits per heavy atom. The molecule has 8 nitrogen and oxygen atoms in total. The molecule has 0 aliphatic carbocycles. The molecule has 0 spiro atoms. The lowest BCUT2D eigenvalue weighted by molar-refractivity contribution is -0.118. The number of carbonyl (C=O) groups is 1. The van der Waals surface area contributed by atoms with Gasteiger partial charge in [-0.1, -0.05) is 0 Å². The van der Waals surface area contributed by atoms with E-state index >= 15 is 0 Å². The molecule has 1 unspecified atom stereocenters. The summed E-state index contributed by atoms with van der Waals surface area (Å²) >= 11 is 0. The zero-order chi connectivity index (χ0) is 14.3. The zero-order valence-corrected chi connectivity index (χ0v) is 11.1. The van der Waals surface area contributed by atoms with Gasteiger partial charge < -0.3 is 21.2 Å². The van der Waals surface area contributed by atoms with Crippen LogP contribution >= 0.6 is 0 Å². The molecule has 0 saturated carbocycles. The summed E-state index contributed by atoms with van der Waals surface area (Å²) < 4.78 is 5.25. The summed E-state index contributed by atoms with van der Waals surface area (Å²) in [6, 6.07) is 1.52. The zero-order valence-electron chi connectivity index (χ0n) is 11.1. The molecule has 0 saturated heterocycles. The van der Waals surface area contributed by atoms with Crippen LogP contribution in [0.25, 0.3) is 0 Å². The summed E-state index contributed by atoms with van der Waals surface area (Å²) in [6.45, 7) is 4.60. The van der Waals surface area contributed by atoms with Gasteiger partial charge in [0.25, 0.3) is 0 Å². The summed E-state index contributed by atoms with van der Waals surface area (Å²) in [5.74, 6) is 6.51. The average molecular weight is 268 g/mol. The van der Waals surface area contributed by atoms with E-state index in [-0.39, 0.29) is 18.4 Å². The molecule has 0 aromatic carbocycles. The average Bonchev–Trinajstić information content (AvgIpc) is 2.34. The summed E-state index contributed by atoms with van der Waals surface area (Å²) in [6.07, 6.45) is 0.218. The molecule has 0 aliphatic rings. The van der Waals surface area contributed by atoms with Gasteiger partial charge in [-0.15, -0.1) is 0 Å². The van der Waals surface area contributed by atoms with E-state index in [4.69, 9.17) is 16.3 Å². The maximum Gasteiger partial charge on any atom is 0.219 e. The van der Waals surface area contributed by atoms with E-state index in [0.29, 0.717) is 30.7 Å². The largest absolute Gasteiger partial charge is 0.374 e. The molecule has 0 fully saturated rings. The third-order valence-electron chi connectivity index (χ3n) is 2.26. The molecule has 1 aromatic heterocycles. The first kappa shape index (κ1) is 15.1. The van der Waals surface area contributed by atoms with Crippen LogP contribution < -0.4 is 22.3 Å². The second-order valence-electron chi connectivity index (χ2n) is 4.05. The lowest BCUT2D eigenvalue weighted by Gasteiger charge is -2.14. The van der Waals surface area contributed by atoms with Gasteiger partial charge in [-0.25, -0.2) is 15.8 Å². The van der Waals surface area contributed by atoms with Gasteiger partial charge in [0.2, 0.25) is 5.91 Å². The Bertz CT molecular complexity index is 426. The Hall–Kier alpha value is -1.93. The van der Waals surface area contributed by atoms with E-state index in [1.54, 1.807) is 6.07 Å². The van der Waals surface area contributed by atoms with E-state index < -0.39 is 0 Å². The summed E-state index contributed by atoms with van der Waals surface area (Å²) in [5, 5.41) is 3.06. The van der Waals surface area contributed by atoms with Crippen LogP contribution in [-0.2, 0) is 16.1 Å². The van der Waals surface area contributed by atoms with Crippen LogP contribution in [0.5, 0.6) is 0 Å². The van der Waals surface area contributed by atoms with Gasteiger partial charge in [0, 0.05) is 25.1 Å². The number of ether oxygens (including phenoxy) is 1. The smallest absolute Gasteiger partial charge is 0.219 e. The van der Waals surface area contributed by atoms with E-state index in [9.17, 15) is 4.79 Å². The van der Waals surface area contributed by atoms with Gasteiger partial charge in [-0.3, -0.25) is 4.79 Å². The van der Waals surface area contributed by atoms with Crippen molar-refractivity contribution in [1.82, 2.24) is 9.97 Å². The minimum Gasteiger partial charge on any atom is -0.374 e. The predicted octanol–water partition coefficient (Wildman–Crippen LogP) is -0.0255. The highest BCUT2D eigenvalue weighted by molar-refractivity contribution is 5.74. The first-order valence-electron chi connectivity index (χ1n) is 6.02. The van der Waals surface area contributed by atoms with Crippen molar-refractivity contribution in [3.05, 3.63) is 11.9 Å². The number of rotatable bonds is 8. The minimum absolute atomic E-state index is 0.127. The molecule has 1 heterocycles. The number of hydrogen-bond donors (Lipinski definition) is 4. The second kappa shape index (κ2) is 7.49. The maximum absolute atomic E-state index is 10.8. The lowest BCUT2D eigenvalue weighted by Crippen LogP contribution is -2.25. The van der Waals surface area contributed by atoms with Crippen LogP contribution in [0, 0.1) is 0 Å². The highest BCUT2D eigenvalue weighted by atomic mass is 16.5. The molecule has 0 aliphatic heterocycles. The fraction of sp³-hybridized carbons (Fsp3) is 0.545. The van der Waals surface area contributed by atoms with Crippen molar-refractivity contribution in [3.8, 4) is 0 Å². The van der Waals surface area contributed by atoms with Crippen molar-refractivity contribution in [2.75, 3.05) is 17.3 Å². The number of carbonyl (C=O) groups excluding carboxylic acids is 1. The molecular formula is C11H20N6O2. The molecule has 0 radical (unpaired) electrons. The molecule has 0 bridgehead atoms. The van der Waals surface area contributed by atoms with Gasteiger partial charge in [-0.2, -0.15) is 0 Å². The monoisotopic (exact) mass is 268 g/mol. The molecule has 1 rings (SSSR count). The van der Waals surface area contributed by atoms with Crippen molar-refractivity contribution in [2.24, 2.45) is 11.6 Å². The number of nitrogens with one attached hydrogen (secondary N) is 2. The highest BCUT2D eigenvalue weighted by Crippen LogP contribution is 2.13.